The van der Waals surface area contributed by atoms with Gasteiger partial charge in [0.15, 0.2) is 0 Å². The number of carbonyl (C=O) groups excluding carboxylic acids is 1. The van der Waals surface area contributed by atoms with Crippen LogP contribution < -0.4 is 0 Å². The molecular formula is C5H7F5O2S. The van der Waals surface area contributed by atoms with Crippen molar-refractivity contribution in [3.63, 3.8) is 0 Å². The summed E-state index contributed by atoms with van der Waals surface area (Å²) in [5.74, 6) is -0.841. The van der Waals surface area contributed by atoms with E-state index in [0.29, 0.717) is 0 Å². The van der Waals surface area contributed by atoms with E-state index in [1.54, 1.807) is 0 Å². The summed E-state index contributed by atoms with van der Waals surface area (Å²) < 4.78 is 61.5. The standard InChI is InChI=1S/C5H7F5O2S/c1-5(11)12-3-2-4-13(6,7,8,9)10/h2,4H,3H2,1H3. The van der Waals surface area contributed by atoms with Crippen LogP contribution in [0.25, 0.3) is 0 Å². The molecule has 0 atom stereocenters. The number of carbonyl (C=O) groups is 1. The van der Waals surface area contributed by atoms with Crippen molar-refractivity contribution in [3.8, 4) is 0 Å². The molecule has 0 aliphatic heterocycles. The Morgan fingerprint density at radius 2 is 1.77 bits per heavy atom. The zero-order chi connectivity index (χ0) is 10.8. The molecule has 80 valence electrons. The normalized spacial score (nSPS) is 18.0. The molecule has 0 aliphatic carbocycles. The highest BCUT2D eigenvalue weighted by atomic mass is 32.5. The topological polar surface area (TPSA) is 26.3 Å². The molecule has 0 amide bonds. The van der Waals surface area contributed by atoms with Crippen LogP contribution in [-0.4, -0.2) is 12.6 Å². The fraction of sp³-hybridized carbons (Fsp3) is 0.400. The van der Waals surface area contributed by atoms with Gasteiger partial charge in [0.2, 0.25) is 0 Å². The van der Waals surface area contributed by atoms with E-state index in [0.717, 1.165) is 6.92 Å². The Balaban J connectivity index is 4.23. The summed E-state index contributed by atoms with van der Waals surface area (Å²) in [4.78, 5) is 10.0. The van der Waals surface area contributed by atoms with Gasteiger partial charge in [-0.2, -0.15) is 0 Å². The van der Waals surface area contributed by atoms with Crippen molar-refractivity contribution in [2.45, 2.75) is 6.92 Å². The average molecular weight is 226 g/mol. The summed E-state index contributed by atoms with van der Waals surface area (Å²) in [5.41, 5.74) is 0. The number of hydrogen-bond donors (Lipinski definition) is 0. The van der Waals surface area contributed by atoms with Gasteiger partial charge >= 0.3 is 16.2 Å². The van der Waals surface area contributed by atoms with Crippen LogP contribution in [0.5, 0.6) is 0 Å². The van der Waals surface area contributed by atoms with Crippen molar-refractivity contribution in [1.29, 1.82) is 0 Å². The van der Waals surface area contributed by atoms with Gasteiger partial charge in [0.05, 0.1) is 5.41 Å². The predicted molar refractivity (Wildman–Crippen MR) is 38.9 cm³/mol. The van der Waals surface area contributed by atoms with Gasteiger partial charge in [-0.25, -0.2) is 0 Å². The van der Waals surface area contributed by atoms with Crippen LogP contribution in [0.2, 0.25) is 0 Å². The lowest BCUT2D eigenvalue weighted by molar-refractivity contribution is -0.139. The van der Waals surface area contributed by atoms with E-state index in [9.17, 15) is 24.2 Å². The number of rotatable bonds is 3. The molecule has 0 heterocycles. The van der Waals surface area contributed by atoms with Crippen molar-refractivity contribution in [2.24, 2.45) is 0 Å². The van der Waals surface area contributed by atoms with E-state index in [1.165, 1.54) is 0 Å². The molecule has 0 aromatic heterocycles. The first-order valence-corrected chi connectivity index (χ1v) is 4.96. The fourth-order valence-electron chi connectivity index (χ4n) is 0.387. The Hall–Kier alpha value is -0.790. The van der Waals surface area contributed by atoms with Crippen LogP contribution in [0.3, 0.4) is 0 Å². The summed E-state index contributed by atoms with van der Waals surface area (Å²) >= 11 is 0. The molecule has 8 heteroatoms. The van der Waals surface area contributed by atoms with E-state index in [4.69, 9.17) is 0 Å². The lowest BCUT2D eigenvalue weighted by atomic mass is 10.7. The van der Waals surface area contributed by atoms with Crippen LogP contribution in [-0.2, 0) is 9.53 Å². The fourth-order valence-corrected chi connectivity index (χ4v) is 0.829. The van der Waals surface area contributed by atoms with Crippen molar-refractivity contribution < 1.29 is 29.0 Å². The molecular weight excluding hydrogens is 219 g/mol. The minimum Gasteiger partial charge on any atom is -0.462 e. The number of halogens is 5. The molecule has 0 aromatic carbocycles. The second-order valence-corrected chi connectivity index (χ2v) is 4.53. The molecule has 0 unspecified atom stereocenters. The largest absolute Gasteiger partial charge is 0.462 e. The Labute approximate surface area is 71.1 Å². The molecule has 0 N–H and O–H groups in total. The van der Waals surface area contributed by atoms with Gasteiger partial charge in [0.1, 0.15) is 6.61 Å². The van der Waals surface area contributed by atoms with Crippen LogP contribution in [0.1, 0.15) is 6.92 Å². The third-order valence-corrected chi connectivity index (χ3v) is 1.44. The van der Waals surface area contributed by atoms with Gasteiger partial charge in [-0.15, -0.1) is 0 Å². The van der Waals surface area contributed by atoms with Crippen molar-refractivity contribution in [1.82, 2.24) is 0 Å². The zero-order valence-corrected chi connectivity index (χ0v) is 7.29. The minimum absolute atomic E-state index is 0.0585. The average Bonchev–Trinajstić information content (AvgIpc) is 1.74. The molecule has 0 saturated heterocycles. The first-order valence-electron chi connectivity index (χ1n) is 2.95. The minimum atomic E-state index is -9.49. The van der Waals surface area contributed by atoms with Crippen LogP contribution >= 0.6 is 10.2 Å². The van der Waals surface area contributed by atoms with E-state index < -0.39 is 28.2 Å². The summed E-state index contributed by atoms with van der Waals surface area (Å²) in [5, 5.41) is -1.15. The Bertz CT molecular complexity index is 239. The Morgan fingerprint density at radius 1 is 1.31 bits per heavy atom. The first-order chi connectivity index (χ1) is 5.39. The molecule has 0 radical (unpaired) electrons. The summed E-state index contributed by atoms with van der Waals surface area (Å²) in [6.07, 6.45) is 0.0585. The Morgan fingerprint density at radius 3 is 2.08 bits per heavy atom. The van der Waals surface area contributed by atoms with Crippen LogP contribution in [0.4, 0.5) is 19.4 Å². The maximum Gasteiger partial charge on any atom is 0.304 e. The summed E-state index contributed by atoms with van der Waals surface area (Å²) in [6.45, 7) is 0.133. The molecule has 0 rings (SSSR count). The van der Waals surface area contributed by atoms with E-state index in [2.05, 4.69) is 4.74 Å². The smallest absolute Gasteiger partial charge is 0.304 e. The molecule has 2 nitrogen and oxygen atoms in total. The number of ether oxygens (including phenoxy) is 1. The molecule has 0 aliphatic rings. The third-order valence-electron chi connectivity index (χ3n) is 0.736. The molecule has 0 aromatic rings. The van der Waals surface area contributed by atoms with Gasteiger partial charge in [0, 0.05) is 6.92 Å². The van der Waals surface area contributed by atoms with Gasteiger partial charge in [-0.05, 0) is 6.08 Å². The first kappa shape index (κ1) is 12.2. The highest BCUT2D eigenvalue weighted by Gasteiger charge is 2.60. The highest BCUT2D eigenvalue weighted by molar-refractivity contribution is 8.48. The maximum atomic E-state index is 11.5. The summed E-state index contributed by atoms with van der Waals surface area (Å²) in [7, 11) is -9.49. The van der Waals surface area contributed by atoms with E-state index >= 15 is 0 Å². The van der Waals surface area contributed by atoms with Crippen molar-refractivity contribution in [3.05, 3.63) is 11.5 Å². The van der Waals surface area contributed by atoms with Crippen molar-refractivity contribution >= 4 is 16.2 Å². The monoisotopic (exact) mass is 226 g/mol. The van der Waals surface area contributed by atoms with E-state index in [-0.39, 0.29) is 6.08 Å². The number of esters is 1. The van der Waals surface area contributed by atoms with Gasteiger partial charge < -0.3 is 4.74 Å². The molecule has 0 saturated carbocycles. The van der Waals surface area contributed by atoms with Gasteiger partial charge in [-0.1, -0.05) is 19.4 Å². The highest BCUT2D eigenvalue weighted by Crippen LogP contribution is 2.98. The third kappa shape index (κ3) is 11.2. The quantitative estimate of drug-likeness (QED) is 0.544. The second-order valence-electron chi connectivity index (χ2n) is 2.20. The van der Waals surface area contributed by atoms with Gasteiger partial charge in [0.25, 0.3) is 0 Å². The molecule has 0 bridgehead atoms. The molecule has 13 heavy (non-hydrogen) atoms. The lowest BCUT2D eigenvalue weighted by Crippen LogP contribution is -2.02. The Kier molecular flexibility index (Phi) is 2.44. The van der Waals surface area contributed by atoms with Crippen LogP contribution in [0, 0.1) is 0 Å². The second kappa shape index (κ2) is 2.60. The van der Waals surface area contributed by atoms with E-state index in [1.807, 2.05) is 0 Å². The SMILES string of the molecule is CC(=O)OCC=CS(F)(F)(F)(F)F. The molecule has 0 fully saturated rings. The van der Waals surface area contributed by atoms with Gasteiger partial charge in [-0.3, -0.25) is 4.79 Å². The maximum absolute atomic E-state index is 11.5. The number of hydrogen-bond acceptors (Lipinski definition) is 2. The lowest BCUT2D eigenvalue weighted by Gasteiger charge is -2.36. The van der Waals surface area contributed by atoms with Crippen molar-refractivity contribution in [2.75, 3.05) is 6.61 Å². The van der Waals surface area contributed by atoms with Crippen LogP contribution in [0.15, 0.2) is 11.5 Å². The zero-order valence-electron chi connectivity index (χ0n) is 6.48. The predicted octanol–water partition coefficient (Wildman–Crippen LogP) is 3.36. The summed E-state index contributed by atoms with van der Waals surface area (Å²) in [6, 6.07) is 0. The molecule has 0 spiro atoms.